The lowest BCUT2D eigenvalue weighted by Gasteiger charge is -2.10. The number of nitro benzene ring substituents is 1. The van der Waals surface area contributed by atoms with Crippen LogP contribution in [0.25, 0.3) is 0 Å². The molecule has 0 fully saturated rings. The number of benzene rings is 1. The van der Waals surface area contributed by atoms with Crippen molar-refractivity contribution < 1.29 is 22.9 Å². The fourth-order valence-electron chi connectivity index (χ4n) is 1.35. The Labute approximate surface area is 97.6 Å². The van der Waals surface area contributed by atoms with Gasteiger partial charge in [0.1, 0.15) is 17.2 Å². The Bertz CT molecular complexity index is 575. The maximum atomic E-state index is 12.5. The van der Waals surface area contributed by atoms with Crippen molar-refractivity contribution in [2.24, 2.45) is 5.73 Å². The maximum Gasteiger partial charge on any atom is 0.423 e. The zero-order valence-electron chi connectivity index (χ0n) is 8.49. The second-order valence-electron chi connectivity index (χ2n) is 3.12. The first-order valence-electron chi connectivity index (χ1n) is 4.28. The van der Waals surface area contributed by atoms with Gasteiger partial charge in [-0.25, -0.2) is 0 Å². The predicted octanol–water partition coefficient (Wildman–Crippen LogP) is 1.58. The molecule has 0 heterocycles. The molecule has 6 nitrogen and oxygen atoms in total. The van der Waals surface area contributed by atoms with Gasteiger partial charge in [0.25, 0.3) is 11.6 Å². The highest BCUT2D eigenvalue weighted by Crippen LogP contribution is 2.38. The number of halogens is 3. The van der Waals surface area contributed by atoms with Gasteiger partial charge in [-0.2, -0.15) is 18.4 Å². The number of hydrogen-bond donors (Lipinski definition) is 1. The Morgan fingerprint density at radius 2 is 2.00 bits per heavy atom. The van der Waals surface area contributed by atoms with Crippen LogP contribution >= 0.6 is 0 Å². The molecule has 0 spiro atoms. The van der Waals surface area contributed by atoms with E-state index >= 15 is 0 Å². The summed E-state index contributed by atoms with van der Waals surface area (Å²) >= 11 is 0. The van der Waals surface area contributed by atoms with Gasteiger partial charge in [0.15, 0.2) is 0 Å². The van der Waals surface area contributed by atoms with E-state index in [2.05, 4.69) is 0 Å². The van der Waals surface area contributed by atoms with Crippen LogP contribution < -0.4 is 5.73 Å². The van der Waals surface area contributed by atoms with E-state index in [1.807, 2.05) is 0 Å². The molecule has 18 heavy (non-hydrogen) atoms. The quantitative estimate of drug-likeness (QED) is 0.642. The van der Waals surface area contributed by atoms with Crippen molar-refractivity contribution >= 4 is 11.6 Å². The molecular weight excluding hydrogens is 255 g/mol. The zero-order chi connectivity index (χ0) is 14.1. The van der Waals surface area contributed by atoms with Crippen molar-refractivity contribution in [1.29, 1.82) is 5.26 Å². The van der Waals surface area contributed by atoms with E-state index in [0.29, 0.717) is 12.1 Å². The van der Waals surface area contributed by atoms with E-state index < -0.39 is 39.4 Å². The highest BCUT2D eigenvalue weighted by atomic mass is 19.4. The van der Waals surface area contributed by atoms with Crippen molar-refractivity contribution in [2.75, 3.05) is 0 Å². The molecule has 0 aliphatic carbocycles. The average molecular weight is 259 g/mol. The number of rotatable bonds is 2. The number of nitro groups is 1. The lowest BCUT2D eigenvalue weighted by molar-refractivity contribution is -0.388. The fourth-order valence-corrected chi connectivity index (χ4v) is 1.35. The minimum atomic E-state index is -5.03. The first kappa shape index (κ1) is 13.4. The lowest BCUT2D eigenvalue weighted by atomic mass is 10.0. The third-order valence-corrected chi connectivity index (χ3v) is 2.03. The molecule has 0 radical (unpaired) electrons. The molecule has 0 saturated heterocycles. The van der Waals surface area contributed by atoms with Crippen LogP contribution in [-0.2, 0) is 6.18 Å². The number of hydrogen-bond acceptors (Lipinski definition) is 4. The van der Waals surface area contributed by atoms with Crippen molar-refractivity contribution in [3.8, 4) is 6.07 Å². The van der Waals surface area contributed by atoms with Crippen LogP contribution in [0, 0.1) is 21.4 Å². The summed E-state index contributed by atoms with van der Waals surface area (Å²) in [5.74, 6) is -1.47. The van der Waals surface area contributed by atoms with Gasteiger partial charge in [-0.3, -0.25) is 14.9 Å². The summed E-state index contributed by atoms with van der Waals surface area (Å²) in [5.41, 5.74) is 0.0234. The van der Waals surface area contributed by atoms with Crippen molar-refractivity contribution in [2.45, 2.75) is 6.18 Å². The zero-order valence-corrected chi connectivity index (χ0v) is 8.49. The van der Waals surface area contributed by atoms with E-state index in [-0.39, 0.29) is 0 Å². The van der Waals surface area contributed by atoms with Crippen LogP contribution in [0.2, 0.25) is 0 Å². The van der Waals surface area contributed by atoms with Crippen LogP contribution in [0.15, 0.2) is 12.1 Å². The van der Waals surface area contributed by atoms with Crippen LogP contribution in [0.4, 0.5) is 18.9 Å². The average Bonchev–Trinajstić information content (AvgIpc) is 2.25. The number of amides is 1. The summed E-state index contributed by atoms with van der Waals surface area (Å²) in [7, 11) is 0. The molecule has 1 amide bonds. The molecule has 9 heteroatoms. The molecule has 0 aromatic heterocycles. The van der Waals surface area contributed by atoms with Gasteiger partial charge in [0.2, 0.25) is 0 Å². The number of carbonyl (C=O) groups excluding carboxylic acids is 1. The summed E-state index contributed by atoms with van der Waals surface area (Å²) in [6.07, 6.45) is -5.03. The van der Waals surface area contributed by atoms with E-state index in [9.17, 15) is 28.1 Å². The minimum absolute atomic E-state index is 0.364. The predicted molar refractivity (Wildman–Crippen MR) is 51.3 cm³/mol. The topological polar surface area (TPSA) is 110 Å². The van der Waals surface area contributed by atoms with Crippen LogP contribution in [0.1, 0.15) is 21.5 Å². The number of primary amides is 1. The Hall–Kier alpha value is -2.63. The van der Waals surface area contributed by atoms with Gasteiger partial charge in [-0.15, -0.1) is 0 Å². The monoisotopic (exact) mass is 259 g/mol. The molecule has 0 atom stereocenters. The number of nitrogens with two attached hydrogens (primary N) is 1. The third-order valence-electron chi connectivity index (χ3n) is 2.03. The summed E-state index contributed by atoms with van der Waals surface area (Å²) < 4.78 is 37.6. The Balaban J connectivity index is 3.81. The number of carbonyl (C=O) groups is 1. The molecule has 0 bridgehead atoms. The highest BCUT2D eigenvalue weighted by Gasteiger charge is 2.41. The molecule has 0 aliphatic heterocycles. The Morgan fingerprint density at radius 3 is 2.33 bits per heavy atom. The summed E-state index contributed by atoms with van der Waals surface area (Å²) in [6.45, 7) is 0. The smallest absolute Gasteiger partial charge is 0.365 e. The third kappa shape index (κ3) is 2.22. The van der Waals surface area contributed by atoms with E-state index in [1.54, 1.807) is 0 Å². The largest absolute Gasteiger partial charge is 0.423 e. The first-order chi connectivity index (χ1) is 8.20. The van der Waals surface area contributed by atoms with E-state index in [4.69, 9.17) is 11.0 Å². The second kappa shape index (κ2) is 4.33. The standard InChI is InChI=1S/C9H4F3N3O3/c10-9(11,12)5-2-1-4(3-13)6(8(14)16)7(5)15(17)18/h1-2H,(H2,14,16). The molecule has 0 aliphatic rings. The Morgan fingerprint density at radius 1 is 1.44 bits per heavy atom. The van der Waals surface area contributed by atoms with Gasteiger partial charge in [0.05, 0.1) is 10.5 Å². The highest BCUT2D eigenvalue weighted by molar-refractivity contribution is 6.00. The van der Waals surface area contributed by atoms with Crippen molar-refractivity contribution in [1.82, 2.24) is 0 Å². The summed E-state index contributed by atoms with van der Waals surface area (Å²) in [4.78, 5) is 20.2. The molecule has 94 valence electrons. The molecule has 1 aromatic rings. The Kier molecular flexibility index (Phi) is 3.23. The minimum Gasteiger partial charge on any atom is -0.365 e. The van der Waals surface area contributed by atoms with Crippen molar-refractivity contribution in [3.05, 3.63) is 38.9 Å². The van der Waals surface area contributed by atoms with E-state index in [1.165, 1.54) is 6.07 Å². The van der Waals surface area contributed by atoms with Crippen LogP contribution in [0.5, 0.6) is 0 Å². The van der Waals surface area contributed by atoms with Gasteiger partial charge in [-0.05, 0) is 12.1 Å². The molecular formula is C9H4F3N3O3. The number of alkyl halides is 3. The molecule has 0 unspecified atom stereocenters. The SMILES string of the molecule is N#Cc1ccc(C(F)(F)F)c([N+](=O)[O-])c1C(N)=O. The number of nitriles is 1. The number of nitrogens with zero attached hydrogens (tertiary/aromatic N) is 2. The van der Waals surface area contributed by atoms with Gasteiger partial charge in [0, 0.05) is 0 Å². The van der Waals surface area contributed by atoms with E-state index in [0.717, 1.165) is 0 Å². The second-order valence-corrected chi connectivity index (χ2v) is 3.12. The molecule has 1 rings (SSSR count). The van der Waals surface area contributed by atoms with Crippen molar-refractivity contribution in [3.63, 3.8) is 0 Å². The summed E-state index contributed by atoms with van der Waals surface area (Å²) in [6, 6.07) is 2.41. The summed E-state index contributed by atoms with van der Waals surface area (Å²) in [5, 5.41) is 19.3. The van der Waals surface area contributed by atoms with Gasteiger partial charge in [-0.1, -0.05) is 0 Å². The van der Waals surface area contributed by atoms with Crippen LogP contribution in [-0.4, -0.2) is 10.8 Å². The molecule has 0 saturated carbocycles. The normalized spacial score (nSPS) is 10.8. The fraction of sp³-hybridized carbons (Fsp3) is 0.111. The molecule has 1 aromatic carbocycles. The van der Waals surface area contributed by atoms with Gasteiger partial charge < -0.3 is 5.73 Å². The lowest BCUT2D eigenvalue weighted by Crippen LogP contribution is -2.19. The van der Waals surface area contributed by atoms with Gasteiger partial charge >= 0.3 is 6.18 Å². The molecule has 2 N–H and O–H groups in total. The maximum absolute atomic E-state index is 12.5. The first-order valence-corrected chi connectivity index (χ1v) is 4.28. The van der Waals surface area contributed by atoms with Crippen LogP contribution in [0.3, 0.4) is 0 Å².